The molecule has 53 heavy (non-hydrogen) atoms. The lowest BCUT2D eigenvalue weighted by molar-refractivity contribution is -0.451. The second-order valence-corrected chi connectivity index (χ2v) is 14.4. The Morgan fingerprint density at radius 1 is 0.887 bits per heavy atom. The van der Waals surface area contributed by atoms with E-state index in [4.69, 9.17) is 0 Å². The highest BCUT2D eigenvalue weighted by molar-refractivity contribution is 6.05. The minimum Gasteiger partial charge on any atom is -0.356 e. The molecule has 2 unspecified atom stereocenters. The molecule has 0 radical (unpaired) electrons. The second kappa shape index (κ2) is 18.1. The van der Waals surface area contributed by atoms with Gasteiger partial charge in [0.25, 0.3) is 11.8 Å². The highest BCUT2D eigenvalue weighted by Crippen LogP contribution is 2.47. The molecule has 0 fully saturated rings. The number of hydrogen-bond acceptors (Lipinski definition) is 4. The number of amides is 3. The predicted molar refractivity (Wildman–Crippen MR) is 212 cm³/mol. The van der Waals surface area contributed by atoms with E-state index in [2.05, 4.69) is 73.7 Å². The zero-order valence-electron chi connectivity index (χ0n) is 32.2. The fourth-order valence-electron chi connectivity index (χ4n) is 7.62. The first-order valence-electron chi connectivity index (χ1n) is 19.1. The van der Waals surface area contributed by atoms with Gasteiger partial charge in [0.1, 0.15) is 6.54 Å². The predicted octanol–water partition coefficient (Wildman–Crippen LogP) is 5.67. The van der Waals surface area contributed by atoms with E-state index in [1.54, 1.807) is 29.2 Å². The first-order chi connectivity index (χ1) is 25.5. The smallest absolute Gasteiger partial charge is 0.253 e. The van der Waals surface area contributed by atoms with Crippen LogP contribution in [-0.4, -0.2) is 67.3 Å². The number of nitrogens with one attached hydrogen (secondary N) is 3. The van der Waals surface area contributed by atoms with Crippen molar-refractivity contribution in [2.45, 2.75) is 79.1 Å². The lowest BCUT2D eigenvalue weighted by Crippen LogP contribution is -2.72. The summed E-state index contributed by atoms with van der Waals surface area (Å²) >= 11 is 0. The molecule has 2 aliphatic carbocycles. The summed E-state index contributed by atoms with van der Waals surface area (Å²) in [6.45, 7) is 12.4. The lowest BCUT2D eigenvalue weighted by atomic mass is 9.65. The molecule has 3 aromatic rings. The number of aryl methyl sites for hydroxylation is 2. The molecule has 0 bridgehead atoms. The Hall–Kier alpha value is -5.11. The van der Waals surface area contributed by atoms with E-state index in [1.807, 2.05) is 25.2 Å². The van der Waals surface area contributed by atoms with E-state index in [-0.39, 0.29) is 35.3 Å². The number of carbonyl (C=O) groups is 4. The van der Waals surface area contributed by atoms with Crippen molar-refractivity contribution in [1.29, 1.82) is 0 Å². The highest BCUT2D eigenvalue weighted by Gasteiger charge is 2.38. The number of rotatable bonds is 15. The Balaban J connectivity index is 1.21. The highest BCUT2D eigenvalue weighted by atomic mass is 16.2. The second-order valence-electron chi connectivity index (χ2n) is 14.4. The Bertz CT molecular complexity index is 1940. The van der Waals surface area contributed by atoms with Crippen LogP contribution in [-0.2, 0) is 17.6 Å². The SMILES string of the molecule is CCCc1cc2c(cc1C)C(c1ccccc1C(=O)N(C)CCCC(=O)NCCCNC(=O)c1ccc(C(C)=O)cc1)C1C=C(C)C(=[NH+]CC)C=C1C2. The maximum absolute atomic E-state index is 14.1. The zero-order valence-corrected chi connectivity index (χ0v) is 32.2. The van der Waals surface area contributed by atoms with Gasteiger partial charge >= 0.3 is 0 Å². The summed E-state index contributed by atoms with van der Waals surface area (Å²) < 4.78 is 0. The molecule has 0 saturated heterocycles. The molecule has 3 amide bonds. The first-order valence-corrected chi connectivity index (χ1v) is 19.1. The van der Waals surface area contributed by atoms with Crippen LogP contribution in [0.2, 0.25) is 0 Å². The molecular weight excluding hydrogens is 661 g/mol. The molecule has 2 aliphatic rings. The number of hydrogen-bond donors (Lipinski definition) is 3. The molecule has 0 spiro atoms. The maximum atomic E-state index is 14.1. The number of Topliss-reactive ketones (excluding diaryl/α,β-unsaturated/α-hetero) is 1. The Morgan fingerprint density at radius 2 is 1.60 bits per heavy atom. The summed E-state index contributed by atoms with van der Waals surface area (Å²) in [5, 5.41) is 5.77. The van der Waals surface area contributed by atoms with Gasteiger partial charge in [-0.25, -0.2) is 4.99 Å². The van der Waals surface area contributed by atoms with Crippen molar-refractivity contribution >= 4 is 29.2 Å². The number of fused-ring (bicyclic) bond motifs is 2. The normalized spacial score (nSPS) is 16.9. The third kappa shape index (κ3) is 9.47. The van der Waals surface area contributed by atoms with E-state index < -0.39 is 0 Å². The third-order valence-corrected chi connectivity index (χ3v) is 10.5. The molecule has 0 heterocycles. The molecule has 8 nitrogen and oxygen atoms in total. The van der Waals surface area contributed by atoms with Gasteiger partial charge in [-0.3, -0.25) is 19.2 Å². The van der Waals surface area contributed by atoms with Crippen LogP contribution in [0.15, 0.2) is 84.0 Å². The van der Waals surface area contributed by atoms with E-state index in [9.17, 15) is 19.2 Å². The van der Waals surface area contributed by atoms with Crippen LogP contribution < -0.4 is 15.6 Å². The minimum absolute atomic E-state index is 0.00824. The van der Waals surface area contributed by atoms with Crippen molar-refractivity contribution in [3.05, 3.63) is 128 Å². The summed E-state index contributed by atoms with van der Waals surface area (Å²) in [7, 11) is 1.82. The Labute approximate surface area is 314 Å². The van der Waals surface area contributed by atoms with Gasteiger partial charge in [0.15, 0.2) is 5.78 Å². The van der Waals surface area contributed by atoms with Crippen molar-refractivity contribution in [2.75, 3.05) is 33.2 Å². The quantitative estimate of drug-likeness (QED) is 0.139. The van der Waals surface area contributed by atoms with E-state index in [1.165, 1.54) is 46.0 Å². The number of nitrogens with zero attached hydrogens (tertiary/aromatic N) is 1. The van der Waals surface area contributed by atoms with Gasteiger partial charge in [-0.1, -0.05) is 67.5 Å². The monoisotopic (exact) mass is 715 g/mol. The molecule has 0 saturated carbocycles. The summed E-state index contributed by atoms with van der Waals surface area (Å²) in [5.41, 5.74) is 11.9. The lowest BCUT2D eigenvalue weighted by Gasteiger charge is -2.38. The molecular formula is C45H55N4O4+. The molecule has 278 valence electrons. The minimum atomic E-state index is -0.219. The van der Waals surface area contributed by atoms with Gasteiger partial charge in [0, 0.05) is 73.3 Å². The molecule has 5 rings (SSSR count). The van der Waals surface area contributed by atoms with Gasteiger partial charge < -0.3 is 15.5 Å². The van der Waals surface area contributed by atoms with Crippen molar-refractivity contribution in [3.63, 3.8) is 0 Å². The van der Waals surface area contributed by atoms with Crippen LogP contribution >= 0.6 is 0 Å². The van der Waals surface area contributed by atoms with Crippen LogP contribution in [0.3, 0.4) is 0 Å². The molecule has 0 aromatic heterocycles. The summed E-state index contributed by atoms with van der Waals surface area (Å²) in [6, 6.07) is 19.4. The zero-order chi connectivity index (χ0) is 38.1. The average Bonchev–Trinajstić information content (AvgIpc) is 3.14. The number of allylic oxidation sites excluding steroid dienone is 4. The molecule has 3 N–H and O–H groups in total. The number of carbonyl (C=O) groups excluding carboxylic acids is 4. The van der Waals surface area contributed by atoms with Gasteiger partial charge in [0.05, 0.1) is 0 Å². The summed E-state index contributed by atoms with van der Waals surface area (Å²) in [5.74, 6) is -0.230. The summed E-state index contributed by atoms with van der Waals surface area (Å²) in [4.78, 5) is 55.9. The van der Waals surface area contributed by atoms with Gasteiger partial charge in [0.2, 0.25) is 11.6 Å². The summed E-state index contributed by atoms with van der Waals surface area (Å²) in [6.07, 6.45) is 9.21. The number of benzene rings is 3. The third-order valence-electron chi connectivity index (χ3n) is 10.5. The molecule has 8 heteroatoms. The standard InChI is InChI=1S/C45H54N4O4/c1-7-13-34-26-35-27-36-28-41(46-8-2)30(4)25-40(36)43(39(35)24-29(34)3)37-14-9-10-15-38(37)45(53)49(6)23-11-16-42(51)47-21-12-22-48-44(52)33-19-17-32(18-20-33)31(5)50/h9-10,14-15,17-20,24-26,28,40,43H,7-8,11-13,16,21-23,27H2,1-6H3,(H,47,51)(H,48,52)/p+1. The van der Waals surface area contributed by atoms with Crippen molar-refractivity contribution in [3.8, 4) is 0 Å². The van der Waals surface area contributed by atoms with Crippen molar-refractivity contribution in [1.82, 2.24) is 15.5 Å². The molecule has 2 atom stereocenters. The van der Waals surface area contributed by atoms with E-state index in [0.29, 0.717) is 55.6 Å². The average molecular weight is 716 g/mol. The van der Waals surface area contributed by atoms with Crippen molar-refractivity contribution < 1.29 is 24.2 Å². The topological polar surface area (TPSA) is 110 Å². The maximum Gasteiger partial charge on any atom is 0.253 e. The first kappa shape index (κ1) is 39.1. The van der Waals surface area contributed by atoms with Crippen LogP contribution in [0.4, 0.5) is 0 Å². The van der Waals surface area contributed by atoms with Gasteiger partial charge in [-0.05, 0) is 99.4 Å². The van der Waals surface area contributed by atoms with E-state index >= 15 is 0 Å². The Kier molecular flexibility index (Phi) is 13.3. The largest absolute Gasteiger partial charge is 0.356 e. The van der Waals surface area contributed by atoms with Crippen LogP contribution in [0.5, 0.6) is 0 Å². The number of ketones is 1. The van der Waals surface area contributed by atoms with Gasteiger partial charge in [-0.2, -0.15) is 0 Å². The van der Waals surface area contributed by atoms with E-state index in [0.717, 1.165) is 31.4 Å². The van der Waals surface area contributed by atoms with Crippen LogP contribution in [0.25, 0.3) is 0 Å². The fourth-order valence-corrected chi connectivity index (χ4v) is 7.62. The van der Waals surface area contributed by atoms with Crippen molar-refractivity contribution in [2.24, 2.45) is 5.92 Å². The van der Waals surface area contributed by atoms with Crippen LogP contribution in [0, 0.1) is 12.8 Å². The molecule has 0 aliphatic heterocycles. The fraction of sp³-hybridized carbons (Fsp3) is 0.400. The molecule has 3 aromatic carbocycles. The van der Waals surface area contributed by atoms with Crippen LogP contribution in [0.1, 0.15) is 118 Å². The van der Waals surface area contributed by atoms with Gasteiger partial charge in [-0.15, -0.1) is 0 Å². The Morgan fingerprint density at radius 3 is 2.32 bits per heavy atom.